The summed E-state index contributed by atoms with van der Waals surface area (Å²) < 4.78 is 1.52. The molecule has 2 amide bonds. The number of rotatable bonds is 2. The monoisotopic (exact) mass is 368 g/mol. The number of nitrogens with zero attached hydrogens (tertiary/aromatic N) is 1. The highest BCUT2D eigenvalue weighted by molar-refractivity contribution is 6.35. The summed E-state index contributed by atoms with van der Waals surface area (Å²) in [5, 5.41) is 12.8. The average molecular weight is 369 g/mol. The Morgan fingerprint density at radius 2 is 1.77 bits per heavy atom. The lowest BCUT2D eigenvalue weighted by molar-refractivity contribution is 0.0685. The number of carboxylic acid groups (broad SMARTS) is 1. The van der Waals surface area contributed by atoms with Gasteiger partial charge in [-0.3, -0.25) is 14.9 Å². The molecular formula is C19H13ClN2O4. The first-order valence-electron chi connectivity index (χ1n) is 7.82. The Hall–Kier alpha value is -3.12. The maximum atomic E-state index is 12.5. The summed E-state index contributed by atoms with van der Waals surface area (Å²) in [5.74, 6) is -2.14. The quantitative estimate of drug-likeness (QED) is 0.678. The number of aryl methyl sites for hydroxylation is 2. The summed E-state index contributed by atoms with van der Waals surface area (Å²) in [4.78, 5) is 36.6. The third-order valence-corrected chi connectivity index (χ3v) is 5.11. The van der Waals surface area contributed by atoms with Crippen LogP contribution in [0.2, 0.25) is 5.02 Å². The fraction of sp³-hybridized carbons (Fsp3) is 0.105. The lowest BCUT2D eigenvalue weighted by atomic mass is 9.92. The second-order valence-electron chi connectivity index (χ2n) is 6.17. The van der Waals surface area contributed by atoms with Gasteiger partial charge in [0.25, 0.3) is 11.8 Å². The number of hydrogen-bond donors (Lipinski definition) is 2. The Labute approximate surface area is 153 Å². The minimum Gasteiger partial charge on any atom is -0.477 e. The Bertz CT molecular complexity index is 1160. The number of aromatic carboxylic acids is 1. The van der Waals surface area contributed by atoms with Gasteiger partial charge in [-0.2, -0.15) is 0 Å². The number of carbonyl (C=O) groups is 3. The van der Waals surface area contributed by atoms with E-state index >= 15 is 0 Å². The standard InChI is InChI=1S/C19H13ClN2O4/c1-8-13-12(22(2)16(8)19(25)26)7-10(9-5-3-4-6-11(9)20)14-15(13)18(24)21-17(14)23/h3-7H,1-2H3,(H,25,26)(H,21,23,24). The number of imide groups is 1. The van der Waals surface area contributed by atoms with Gasteiger partial charge in [0.2, 0.25) is 0 Å². The maximum absolute atomic E-state index is 12.5. The van der Waals surface area contributed by atoms with E-state index in [0.29, 0.717) is 32.6 Å². The number of hydrogen-bond acceptors (Lipinski definition) is 3. The van der Waals surface area contributed by atoms with E-state index < -0.39 is 17.8 Å². The molecule has 3 aromatic rings. The molecule has 0 unspecified atom stereocenters. The Balaban J connectivity index is 2.23. The van der Waals surface area contributed by atoms with Crippen LogP contribution >= 0.6 is 11.6 Å². The zero-order chi connectivity index (χ0) is 18.7. The van der Waals surface area contributed by atoms with Crippen molar-refractivity contribution < 1.29 is 19.5 Å². The number of fused-ring (bicyclic) bond motifs is 3. The molecule has 2 N–H and O–H groups in total. The van der Waals surface area contributed by atoms with Gasteiger partial charge in [0, 0.05) is 23.0 Å². The highest BCUT2D eigenvalue weighted by Crippen LogP contribution is 2.40. The van der Waals surface area contributed by atoms with Crippen molar-refractivity contribution in [1.82, 2.24) is 9.88 Å². The van der Waals surface area contributed by atoms with Crippen molar-refractivity contribution in [2.75, 3.05) is 0 Å². The van der Waals surface area contributed by atoms with Crippen molar-refractivity contribution in [3.63, 3.8) is 0 Å². The SMILES string of the molecule is Cc1c(C(=O)O)n(C)c2cc(-c3ccccc3Cl)c3c(c12)C(=O)NC3=O. The second kappa shape index (κ2) is 5.44. The van der Waals surface area contributed by atoms with E-state index in [1.165, 1.54) is 4.57 Å². The van der Waals surface area contributed by atoms with Crippen LogP contribution in [0.4, 0.5) is 0 Å². The third kappa shape index (κ3) is 2.02. The molecule has 0 aliphatic carbocycles. The fourth-order valence-corrected chi connectivity index (χ4v) is 3.93. The van der Waals surface area contributed by atoms with Crippen LogP contribution < -0.4 is 5.32 Å². The van der Waals surface area contributed by atoms with Crippen LogP contribution in [0.25, 0.3) is 22.0 Å². The number of carboxylic acids is 1. The van der Waals surface area contributed by atoms with Crippen LogP contribution in [0, 0.1) is 6.92 Å². The van der Waals surface area contributed by atoms with E-state index in [0.717, 1.165) is 0 Å². The number of nitrogens with one attached hydrogen (secondary N) is 1. The van der Waals surface area contributed by atoms with Gasteiger partial charge in [-0.05, 0) is 30.2 Å². The summed E-state index contributed by atoms with van der Waals surface area (Å²) in [7, 11) is 1.62. The topological polar surface area (TPSA) is 88.4 Å². The lowest BCUT2D eigenvalue weighted by Crippen LogP contribution is -2.20. The van der Waals surface area contributed by atoms with E-state index in [2.05, 4.69) is 5.32 Å². The molecule has 26 heavy (non-hydrogen) atoms. The molecule has 1 aliphatic heterocycles. The molecule has 0 saturated heterocycles. The molecule has 1 aliphatic rings. The minimum atomic E-state index is -1.10. The minimum absolute atomic E-state index is 0.0747. The predicted octanol–water partition coefficient (Wildman–Crippen LogP) is 3.39. The normalized spacial score (nSPS) is 13.2. The molecule has 0 atom stereocenters. The molecule has 2 heterocycles. The zero-order valence-electron chi connectivity index (χ0n) is 13.9. The van der Waals surface area contributed by atoms with Crippen LogP contribution in [0.5, 0.6) is 0 Å². The molecular weight excluding hydrogens is 356 g/mol. The fourth-order valence-electron chi connectivity index (χ4n) is 3.69. The smallest absolute Gasteiger partial charge is 0.352 e. The summed E-state index contributed by atoms with van der Waals surface area (Å²) in [6.45, 7) is 1.64. The molecule has 0 bridgehead atoms. The van der Waals surface area contributed by atoms with E-state index in [1.807, 2.05) is 0 Å². The molecule has 6 nitrogen and oxygen atoms in total. The largest absolute Gasteiger partial charge is 0.477 e. The van der Waals surface area contributed by atoms with E-state index in [9.17, 15) is 19.5 Å². The van der Waals surface area contributed by atoms with E-state index in [1.54, 1.807) is 44.3 Å². The van der Waals surface area contributed by atoms with E-state index in [4.69, 9.17) is 11.6 Å². The van der Waals surface area contributed by atoms with Crippen molar-refractivity contribution >= 4 is 40.3 Å². The molecule has 4 rings (SSSR count). The second-order valence-corrected chi connectivity index (χ2v) is 6.58. The Morgan fingerprint density at radius 3 is 2.42 bits per heavy atom. The molecule has 0 saturated carbocycles. The zero-order valence-corrected chi connectivity index (χ0v) is 14.6. The van der Waals surface area contributed by atoms with Crippen molar-refractivity contribution in [3.05, 3.63) is 57.7 Å². The number of halogens is 1. The first-order valence-corrected chi connectivity index (χ1v) is 8.20. The Kier molecular flexibility index (Phi) is 3.42. The lowest BCUT2D eigenvalue weighted by Gasteiger charge is -2.10. The van der Waals surface area contributed by atoms with Gasteiger partial charge in [0.05, 0.1) is 16.6 Å². The van der Waals surface area contributed by atoms with Gasteiger partial charge in [0.15, 0.2) is 0 Å². The van der Waals surface area contributed by atoms with Crippen molar-refractivity contribution in [3.8, 4) is 11.1 Å². The average Bonchev–Trinajstić information content (AvgIpc) is 3.01. The van der Waals surface area contributed by atoms with Gasteiger partial charge in [-0.1, -0.05) is 29.8 Å². The first kappa shape index (κ1) is 16.4. The summed E-state index contributed by atoms with van der Waals surface area (Å²) in [5.41, 5.74) is 2.60. The van der Waals surface area contributed by atoms with Gasteiger partial charge in [-0.25, -0.2) is 4.79 Å². The van der Waals surface area contributed by atoms with Gasteiger partial charge < -0.3 is 9.67 Å². The number of benzene rings is 2. The van der Waals surface area contributed by atoms with Crippen LogP contribution in [-0.2, 0) is 7.05 Å². The number of carbonyl (C=O) groups excluding carboxylic acids is 2. The molecule has 1 aromatic heterocycles. The van der Waals surface area contributed by atoms with Gasteiger partial charge in [0.1, 0.15) is 5.69 Å². The molecule has 2 aromatic carbocycles. The van der Waals surface area contributed by atoms with Crippen molar-refractivity contribution in [2.45, 2.75) is 6.92 Å². The van der Waals surface area contributed by atoms with E-state index in [-0.39, 0.29) is 16.8 Å². The maximum Gasteiger partial charge on any atom is 0.352 e. The van der Waals surface area contributed by atoms with Crippen LogP contribution in [0.1, 0.15) is 36.8 Å². The molecule has 0 spiro atoms. The summed E-state index contributed by atoms with van der Waals surface area (Å²) >= 11 is 6.30. The van der Waals surface area contributed by atoms with Crippen LogP contribution in [0.3, 0.4) is 0 Å². The summed E-state index contributed by atoms with van der Waals surface area (Å²) in [6.07, 6.45) is 0. The predicted molar refractivity (Wildman–Crippen MR) is 96.9 cm³/mol. The number of amides is 2. The van der Waals surface area contributed by atoms with Crippen LogP contribution in [-0.4, -0.2) is 27.5 Å². The highest BCUT2D eigenvalue weighted by Gasteiger charge is 2.35. The first-order chi connectivity index (χ1) is 12.3. The highest BCUT2D eigenvalue weighted by atomic mass is 35.5. The van der Waals surface area contributed by atoms with Crippen molar-refractivity contribution in [1.29, 1.82) is 0 Å². The summed E-state index contributed by atoms with van der Waals surface area (Å²) in [6, 6.07) is 8.72. The molecule has 0 radical (unpaired) electrons. The van der Waals surface area contributed by atoms with Crippen molar-refractivity contribution in [2.24, 2.45) is 7.05 Å². The van der Waals surface area contributed by atoms with Crippen LogP contribution in [0.15, 0.2) is 30.3 Å². The Morgan fingerprint density at radius 1 is 1.12 bits per heavy atom. The third-order valence-electron chi connectivity index (χ3n) is 4.78. The molecule has 130 valence electrons. The van der Waals surface area contributed by atoms with Gasteiger partial charge >= 0.3 is 5.97 Å². The molecule has 0 fully saturated rings. The number of aromatic nitrogens is 1. The molecule has 7 heteroatoms. The van der Waals surface area contributed by atoms with Gasteiger partial charge in [-0.15, -0.1) is 0 Å².